The summed E-state index contributed by atoms with van der Waals surface area (Å²) >= 11 is 2.83. The second kappa shape index (κ2) is 10.1. The molecule has 0 aliphatic rings. The highest BCUT2D eigenvalue weighted by Gasteiger charge is 2.17. The van der Waals surface area contributed by atoms with Gasteiger partial charge in [-0.05, 0) is 41.8 Å². The van der Waals surface area contributed by atoms with Crippen molar-refractivity contribution in [2.45, 2.75) is 31.9 Å². The average molecular weight is 508 g/mol. The number of carbonyl (C=O) groups excluding carboxylic acids is 2. The van der Waals surface area contributed by atoms with Crippen LogP contribution in [0.4, 0.5) is 11.5 Å². The molecule has 3 N–H and O–H groups in total. The van der Waals surface area contributed by atoms with Gasteiger partial charge in [-0.3, -0.25) is 9.59 Å². The molecule has 2 aromatic heterocycles. The third-order valence-electron chi connectivity index (χ3n) is 5.06. The van der Waals surface area contributed by atoms with Gasteiger partial charge >= 0.3 is 5.97 Å². The van der Waals surface area contributed by atoms with Crippen LogP contribution in [0.15, 0.2) is 53.9 Å². The van der Waals surface area contributed by atoms with Gasteiger partial charge in [-0.2, -0.15) is 0 Å². The summed E-state index contributed by atoms with van der Waals surface area (Å²) in [7, 11) is 0. The summed E-state index contributed by atoms with van der Waals surface area (Å²) in [5.41, 5.74) is 1.88. The van der Waals surface area contributed by atoms with Gasteiger partial charge in [0.2, 0.25) is 0 Å². The lowest BCUT2D eigenvalue weighted by Gasteiger charge is -2.16. The van der Waals surface area contributed by atoms with Crippen molar-refractivity contribution in [1.82, 2.24) is 10.3 Å². The monoisotopic (exact) mass is 507 g/mol. The number of pyridine rings is 1. The fourth-order valence-corrected chi connectivity index (χ4v) is 5.40. The van der Waals surface area contributed by atoms with E-state index in [1.165, 1.54) is 11.8 Å². The molecule has 7 nitrogen and oxygen atoms in total. The van der Waals surface area contributed by atoms with Crippen LogP contribution in [0.25, 0.3) is 21.0 Å². The molecule has 0 radical (unpaired) electrons. The van der Waals surface area contributed by atoms with Gasteiger partial charge in [0.05, 0.1) is 11.1 Å². The number of nitrogens with zero attached hydrogens (tertiary/aromatic N) is 1. The maximum Gasteiger partial charge on any atom is 0.335 e. The van der Waals surface area contributed by atoms with Crippen molar-refractivity contribution >= 4 is 72.6 Å². The van der Waals surface area contributed by atoms with Crippen LogP contribution in [0.3, 0.4) is 0 Å². The van der Waals surface area contributed by atoms with Crippen molar-refractivity contribution in [2.75, 3.05) is 11.9 Å². The largest absolute Gasteiger partial charge is 0.478 e. The summed E-state index contributed by atoms with van der Waals surface area (Å²) in [6.07, 6.45) is 0.265. The minimum absolute atomic E-state index is 0.0430. The minimum atomic E-state index is -1.01. The van der Waals surface area contributed by atoms with Gasteiger partial charge in [-0.1, -0.05) is 44.7 Å². The standard InChI is InChI=1S/C26H25N3O4S2/c1-26(2,3)35-21(30)9-11-27-24(31)15-5-4-6-17(13-15)28-23-19-10-12-34-22(19)18-8-7-16(25(32)33)14-20(18)29-23/h4-8,10,12-14H,9,11H2,1-3H3,(H,27,31)(H,28,29)(H,32,33). The first-order valence-electron chi connectivity index (χ1n) is 11.0. The number of thiophene rings is 1. The van der Waals surface area contributed by atoms with Gasteiger partial charge in [0.1, 0.15) is 5.82 Å². The van der Waals surface area contributed by atoms with Crippen molar-refractivity contribution < 1.29 is 19.5 Å². The van der Waals surface area contributed by atoms with Gasteiger partial charge in [0, 0.05) is 44.4 Å². The number of carboxylic acid groups (broad SMARTS) is 1. The fourth-order valence-electron chi connectivity index (χ4n) is 3.58. The number of nitrogens with one attached hydrogen (secondary N) is 2. The number of hydrogen-bond donors (Lipinski definition) is 3. The quantitative estimate of drug-likeness (QED) is 0.279. The number of aromatic nitrogens is 1. The zero-order valence-electron chi connectivity index (χ0n) is 19.5. The van der Waals surface area contributed by atoms with Gasteiger partial charge in [-0.25, -0.2) is 9.78 Å². The number of carbonyl (C=O) groups is 3. The number of carboxylic acids is 1. The Morgan fingerprint density at radius 1 is 1.03 bits per heavy atom. The number of anilines is 2. The van der Waals surface area contributed by atoms with E-state index in [9.17, 15) is 19.5 Å². The highest BCUT2D eigenvalue weighted by molar-refractivity contribution is 8.14. The van der Waals surface area contributed by atoms with E-state index >= 15 is 0 Å². The summed E-state index contributed by atoms with van der Waals surface area (Å²) in [4.78, 5) is 40.8. The first-order chi connectivity index (χ1) is 16.6. The van der Waals surface area contributed by atoms with E-state index in [1.54, 1.807) is 47.7 Å². The predicted molar refractivity (Wildman–Crippen MR) is 143 cm³/mol. The van der Waals surface area contributed by atoms with E-state index in [2.05, 4.69) is 15.6 Å². The highest BCUT2D eigenvalue weighted by atomic mass is 32.2. The molecule has 4 aromatic rings. The molecule has 35 heavy (non-hydrogen) atoms. The van der Waals surface area contributed by atoms with Gasteiger partial charge in [0.15, 0.2) is 5.12 Å². The molecule has 0 fully saturated rings. The van der Waals surface area contributed by atoms with Crippen LogP contribution in [0, 0.1) is 0 Å². The molecule has 2 aromatic carbocycles. The van der Waals surface area contributed by atoms with E-state index in [1.807, 2.05) is 38.3 Å². The Hall–Kier alpha value is -3.43. The Labute approximate surface area is 210 Å². The van der Waals surface area contributed by atoms with E-state index < -0.39 is 5.97 Å². The van der Waals surface area contributed by atoms with Crippen molar-refractivity contribution in [3.8, 4) is 0 Å². The van der Waals surface area contributed by atoms with Gasteiger partial charge in [0.25, 0.3) is 5.91 Å². The molecular weight excluding hydrogens is 482 g/mol. The minimum Gasteiger partial charge on any atom is -0.478 e. The number of fused-ring (bicyclic) bond motifs is 3. The summed E-state index contributed by atoms with van der Waals surface area (Å²) < 4.78 is 0.849. The number of amides is 1. The topological polar surface area (TPSA) is 108 Å². The van der Waals surface area contributed by atoms with E-state index in [0.717, 1.165) is 15.5 Å². The second-order valence-electron chi connectivity index (χ2n) is 8.96. The van der Waals surface area contributed by atoms with Crippen molar-refractivity contribution in [2.24, 2.45) is 0 Å². The van der Waals surface area contributed by atoms with Crippen LogP contribution in [0.1, 0.15) is 47.9 Å². The molecule has 0 bridgehead atoms. The third kappa shape index (κ3) is 5.98. The number of rotatable bonds is 7. The van der Waals surface area contributed by atoms with Crippen LogP contribution in [-0.4, -0.2) is 38.4 Å². The zero-order valence-corrected chi connectivity index (χ0v) is 21.2. The molecule has 1 amide bonds. The maximum atomic E-state index is 12.6. The summed E-state index contributed by atoms with van der Waals surface area (Å²) in [6, 6.07) is 13.9. The summed E-state index contributed by atoms with van der Waals surface area (Å²) in [6.45, 7) is 6.20. The van der Waals surface area contributed by atoms with Crippen LogP contribution in [-0.2, 0) is 4.79 Å². The lowest BCUT2D eigenvalue weighted by molar-refractivity contribution is -0.110. The average Bonchev–Trinajstić information content (AvgIpc) is 3.28. The molecule has 0 saturated carbocycles. The Morgan fingerprint density at radius 3 is 2.57 bits per heavy atom. The Balaban J connectivity index is 1.52. The molecule has 0 spiro atoms. The molecule has 2 heterocycles. The van der Waals surface area contributed by atoms with Crippen molar-refractivity contribution in [3.63, 3.8) is 0 Å². The molecule has 0 atom stereocenters. The van der Waals surface area contributed by atoms with Crippen LogP contribution < -0.4 is 10.6 Å². The van der Waals surface area contributed by atoms with E-state index in [4.69, 9.17) is 0 Å². The molecule has 0 aliphatic carbocycles. The lowest BCUT2D eigenvalue weighted by Crippen LogP contribution is -2.26. The van der Waals surface area contributed by atoms with Crippen LogP contribution in [0.2, 0.25) is 0 Å². The Kier molecular flexibility index (Phi) is 7.09. The first-order valence-corrected chi connectivity index (χ1v) is 12.7. The SMILES string of the molecule is CC(C)(C)SC(=O)CCNC(=O)c1cccc(Nc2nc3cc(C(=O)O)ccc3c3sccc23)c1. The van der Waals surface area contributed by atoms with Crippen LogP contribution in [0.5, 0.6) is 0 Å². The second-order valence-corrected chi connectivity index (χ2v) is 11.8. The molecule has 0 aliphatic heterocycles. The van der Waals surface area contributed by atoms with Crippen molar-refractivity contribution in [1.29, 1.82) is 0 Å². The van der Waals surface area contributed by atoms with Gasteiger partial charge in [-0.15, -0.1) is 11.3 Å². The molecular formula is C26H25N3O4S2. The maximum absolute atomic E-state index is 12.6. The number of aromatic carboxylic acids is 1. The highest BCUT2D eigenvalue weighted by Crippen LogP contribution is 2.35. The first kappa shape index (κ1) is 24.7. The predicted octanol–water partition coefficient (Wildman–Crippen LogP) is 6.07. The molecule has 4 rings (SSSR count). The number of benzene rings is 2. The van der Waals surface area contributed by atoms with E-state index in [0.29, 0.717) is 22.6 Å². The Bertz CT molecular complexity index is 1440. The number of thioether (sulfide) groups is 1. The van der Waals surface area contributed by atoms with Crippen LogP contribution >= 0.6 is 23.1 Å². The molecule has 9 heteroatoms. The molecule has 0 unspecified atom stereocenters. The van der Waals surface area contributed by atoms with Gasteiger partial charge < -0.3 is 15.7 Å². The Morgan fingerprint density at radius 2 is 1.83 bits per heavy atom. The number of hydrogen-bond acceptors (Lipinski definition) is 7. The molecule has 180 valence electrons. The summed E-state index contributed by atoms with van der Waals surface area (Å²) in [5, 5.41) is 19.2. The van der Waals surface area contributed by atoms with E-state index in [-0.39, 0.29) is 34.3 Å². The normalized spacial score (nSPS) is 11.5. The zero-order chi connectivity index (χ0) is 25.2. The molecule has 0 saturated heterocycles. The van der Waals surface area contributed by atoms with Crippen molar-refractivity contribution in [3.05, 3.63) is 65.0 Å². The third-order valence-corrected chi connectivity index (χ3v) is 7.06. The summed E-state index contributed by atoms with van der Waals surface area (Å²) in [5.74, 6) is -0.689. The fraction of sp³-hybridized carbons (Fsp3) is 0.231. The smallest absolute Gasteiger partial charge is 0.335 e. The lowest BCUT2D eigenvalue weighted by atomic mass is 10.1.